The van der Waals surface area contributed by atoms with Crippen LogP contribution in [0.4, 0.5) is 56.9 Å². The smallest absolute Gasteiger partial charge is 0.148 e. The summed E-state index contributed by atoms with van der Waals surface area (Å²) < 4.78 is 18.5. The zero-order chi connectivity index (χ0) is 77.5. The van der Waals surface area contributed by atoms with Gasteiger partial charge in [0, 0.05) is 89.6 Å². The molecule has 2 aliphatic rings. The van der Waals surface area contributed by atoms with Crippen LogP contribution >= 0.6 is 34.8 Å². The van der Waals surface area contributed by atoms with E-state index >= 15 is 0 Å². The number of para-hydroxylation sites is 6. The van der Waals surface area contributed by atoms with Crippen molar-refractivity contribution < 1.29 is 0 Å². The normalized spacial score (nSPS) is 13.1. The van der Waals surface area contributed by atoms with Crippen LogP contribution in [0.25, 0.3) is 88.1 Å². The molecule has 3 aromatic heterocycles. The van der Waals surface area contributed by atoms with Crippen molar-refractivity contribution in [1.82, 2.24) is 17.5 Å². The Kier molecular flexibility index (Phi) is 20.4. The second kappa shape index (κ2) is 32.8. The maximum Gasteiger partial charge on any atom is 0.148 e. The molecule has 9 nitrogen and oxygen atoms in total. The number of fused-ring (bicyclic) bond motifs is 8. The predicted octanol–water partition coefficient (Wildman–Crippen LogP) is 28.9. The van der Waals surface area contributed by atoms with Crippen LogP contribution in [0.15, 0.2) is 429 Å². The largest absolute Gasteiger partial charge is 0.333 e. The maximum absolute atomic E-state index is 5.53. The van der Waals surface area contributed by atoms with Crippen LogP contribution < -0.4 is 19.6 Å². The summed E-state index contributed by atoms with van der Waals surface area (Å²) in [6.45, 7) is 2.14. The second-order valence-electron chi connectivity index (χ2n) is 28.5. The molecule has 0 fully saturated rings. The topological polar surface area (TPSA) is 76.9 Å². The Hall–Kier alpha value is -14.3. The van der Waals surface area contributed by atoms with Crippen LogP contribution in [-0.2, 0) is 0 Å². The molecule has 0 radical (unpaired) electrons. The highest BCUT2D eigenvalue weighted by atomic mass is 32.1. The summed E-state index contributed by atoms with van der Waals surface area (Å²) in [6, 6.07) is 148. The minimum Gasteiger partial charge on any atom is -0.333 e. The van der Waals surface area contributed by atoms with Crippen LogP contribution in [0.1, 0.15) is 34.5 Å². The Bertz CT molecular complexity index is 6440. The quantitative estimate of drug-likeness (QED) is 0.0947. The molecule has 4 heterocycles. The molecular formula is C104H75N9S3. The summed E-state index contributed by atoms with van der Waals surface area (Å²) in [7, 11) is 0. The van der Waals surface area contributed by atoms with Gasteiger partial charge in [0.1, 0.15) is 28.2 Å². The van der Waals surface area contributed by atoms with Crippen molar-refractivity contribution >= 4 is 119 Å². The van der Waals surface area contributed by atoms with E-state index in [-0.39, 0.29) is 12.2 Å². The Labute approximate surface area is 687 Å². The lowest BCUT2D eigenvalue weighted by atomic mass is 9.81. The van der Waals surface area contributed by atoms with Gasteiger partial charge in [0.15, 0.2) is 0 Å². The first kappa shape index (κ1) is 72.0. The fourth-order valence-electron chi connectivity index (χ4n) is 15.9. The monoisotopic (exact) mass is 1550 g/mol. The molecule has 554 valence electrons. The van der Waals surface area contributed by atoms with E-state index in [0.29, 0.717) is 0 Å². The molecule has 12 heteroatoms. The summed E-state index contributed by atoms with van der Waals surface area (Å²) in [5.74, 6) is 0. The lowest BCUT2D eigenvalue weighted by Crippen LogP contribution is -2.32. The van der Waals surface area contributed by atoms with Crippen molar-refractivity contribution in [2.45, 2.75) is 19.1 Å². The molecule has 0 N–H and O–H groups in total. The Morgan fingerprint density at radius 3 is 0.991 bits per heavy atom. The molecule has 19 aromatic rings. The molecule has 0 spiro atoms. The molecule has 116 heavy (non-hydrogen) atoms. The third-order valence-corrected chi connectivity index (χ3v) is 23.4. The highest BCUT2D eigenvalue weighted by Gasteiger charge is 2.43. The molecular weight excluding hydrogens is 1470 g/mol. The van der Waals surface area contributed by atoms with E-state index in [4.69, 9.17) is 4.99 Å². The average Bonchev–Trinajstić information content (AvgIpc) is 1.55. The zero-order valence-electron chi connectivity index (χ0n) is 63.3. The van der Waals surface area contributed by atoms with E-state index in [1.807, 2.05) is 30.3 Å². The van der Waals surface area contributed by atoms with Gasteiger partial charge in [-0.3, -0.25) is 4.99 Å². The standard InChI is InChI=1S/C46H35N3.C30H21N3S.C28H19N3S2/c1-32-20-28-39(29-21-32)49-45-43-19-11-9-17-41(43)40-16-8-10-18-42(40)44(45)47-46(49)35-24-22-33(23-25-35)34-26-30-38(31-27-34)48(36-12-4-2-5-13-36)37-14-6-3-7-15-37;1-4-10-22(11-5-1)27-20-21-28(30-29(27)31-34-32-30)23-16-18-26(19-17-23)33(24-12-6-2-7-13-24)25-14-8-3-9-15-25;1-3-8-21(9-4-1)31(22-10-5-2-6-11-22)23-15-13-20(14-16-23)24-17-18-25(26-12-7-19-32-26)28-27(24)29-33-30-28/h2-31,45-46H,1H3;1-21H;1-19H. The number of hydrogen-bond acceptors (Lipinski definition) is 12. The van der Waals surface area contributed by atoms with Crippen LogP contribution in [0.5, 0.6) is 0 Å². The third-order valence-electron chi connectivity index (χ3n) is 21.5. The average molecular weight is 1550 g/mol. The highest BCUT2D eigenvalue weighted by molar-refractivity contribution is 7.13. The molecule has 2 unspecified atom stereocenters. The number of rotatable bonds is 16. The summed E-state index contributed by atoms with van der Waals surface area (Å²) in [6.07, 6.45) is -0.149. The van der Waals surface area contributed by atoms with Gasteiger partial charge in [0.25, 0.3) is 0 Å². The van der Waals surface area contributed by atoms with E-state index in [1.54, 1.807) is 11.3 Å². The number of aryl methyl sites for hydroxylation is 1. The summed E-state index contributed by atoms with van der Waals surface area (Å²) in [5, 5.41) is 2.10. The van der Waals surface area contributed by atoms with Crippen molar-refractivity contribution in [2.75, 3.05) is 19.6 Å². The first-order valence-electron chi connectivity index (χ1n) is 38.8. The van der Waals surface area contributed by atoms with Gasteiger partial charge >= 0.3 is 0 Å². The number of thiophene rings is 1. The van der Waals surface area contributed by atoms with Gasteiger partial charge in [-0.05, 0) is 190 Å². The minimum absolute atomic E-state index is 0.0307. The number of benzene rings is 16. The number of hydrogen-bond donors (Lipinski definition) is 0. The van der Waals surface area contributed by atoms with Crippen molar-refractivity contribution in [3.63, 3.8) is 0 Å². The van der Waals surface area contributed by atoms with E-state index in [2.05, 4.69) is 438 Å². The molecule has 2 atom stereocenters. The first-order chi connectivity index (χ1) is 57.5. The lowest BCUT2D eigenvalue weighted by molar-refractivity contribution is 0.669. The van der Waals surface area contributed by atoms with E-state index < -0.39 is 0 Å². The predicted molar refractivity (Wildman–Crippen MR) is 488 cm³/mol. The van der Waals surface area contributed by atoms with Crippen LogP contribution in [0.3, 0.4) is 0 Å². The van der Waals surface area contributed by atoms with Crippen LogP contribution in [-0.4, -0.2) is 23.2 Å². The summed E-state index contributed by atoms with van der Waals surface area (Å²) in [4.78, 5) is 16.1. The lowest BCUT2D eigenvalue weighted by Gasteiger charge is -2.36. The van der Waals surface area contributed by atoms with E-state index in [1.165, 1.54) is 78.5 Å². The SMILES string of the molecule is Cc1ccc(N2C(c3ccc(-c4ccc(N(c5ccccc5)c5ccccc5)cc4)cc3)N=C3c4ccccc4-c4ccccc4C32)cc1.c1ccc(-c2ccc(-c3ccc(N(c4ccccc4)c4ccccc4)cc3)c3nsnc23)cc1.c1ccc(N(c2ccccc2)c2ccc(-c3ccc(-c4cccs4)c4nsnc34)cc2)cc1. The molecule has 0 saturated heterocycles. The summed E-state index contributed by atoms with van der Waals surface area (Å²) in [5.41, 5.74) is 34.0. The Morgan fingerprint density at radius 2 is 0.586 bits per heavy atom. The number of anilines is 10. The number of aliphatic imine (C=N–C) groups is 1. The number of aromatic nitrogens is 4. The van der Waals surface area contributed by atoms with Crippen LogP contribution in [0.2, 0.25) is 0 Å². The highest BCUT2D eigenvalue weighted by Crippen LogP contribution is 2.52. The minimum atomic E-state index is -0.149. The Balaban J connectivity index is 0.000000120. The van der Waals surface area contributed by atoms with Gasteiger partial charge in [-0.1, -0.05) is 297 Å². The van der Waals surface area contributed by atoms with Crippen molar-refractivity contribution in [3.8, 4) is 66.1 Å². The summed E-state index contributed by atoms with van der Waals surface area (Å²) >= 11 is 4.27. The van der Waals surface area contributed by atoms with Crippen molar-refractivity contribution in [3.05, 3.63) is 446 Å². The van der Waals surface area contributed by atoms with Gasteiger partial charge in [-0.25, -0.2) is 0 Å². The second-order valence-corrected chi connectivity index (χ2v) is 30.5. The third kappa shape index (κ3) is 14.5. The molecule has 1 aliphatic carbocycles. The fraction of sp³-hybridized carbons (Fsp3) is 0.0288. The van der Waals surface area contributed by atoms with Gasteiger partial charge < -0.3 is 19.6 Å². The molecule has 0 saturated carbocycles. The van der Waals surface area contributed by atoms with E-state index in [0.717, 1.165) is 118 Å². The molecule has 0 amide bonds. The van der Waals surface area contributed by atoms with Gasteiger partial charge in [-0.2, -0.15) is 17.5 Å². The first-order valence-corrected chi connectivity index (χ1v) is 41.2. The molecule has 21 rings (SSSR count). The Morgan fingerprint density at radius 1 is 0.259 bits per heavy atom. The molecule has 0 bridgehead atoms. The molecule has 16 aromatic carbocycles. The zero-order valence-corrected chi connectivity index (χ0v) is 65.8. The maximum atomic E-state index is 5.53. The molecule has 1 aliphatic heterocycles. The van der Waals surface area contributed by atoms with E-state index in [9.17, 15) is 0 Å². The van der Waals surface area contributed by atoms with Crippen LogP contribution in [0, 0.1) is 6.92 Å². The van der Waals surface area contributed by atoms with Crippen molar-refractivity contribution in [1.29, 1.82) is 0 Å². The fourth-order valence-corrected chi connectivity index (χ4v) is 17.8. The van der Waals surface area contributed by atoms with Gasteiger partial charge in [0.05, 0.1) is 35.2 Å². The van der Waals surface area contributed by atoms with Crippen molar-refractivity contribution in [2.24, 2.45) is 4.99 Å². The van der Waals surface area contributed by atoms with Gasteiger partial charge in [0.2, 0.25) is 0 Å². The van der Waals surface area contributed by atoms with Gasteiger partial charge in [-0.15, -0.1) is 11.3 Å². The number of nitrogens with zero attached hydrogens (tertiary/aromatic N) is 9.